The van der Waals surface area contributed by atoms with Gasteiger partial charge < -0.3 is 10.0 Å². The number of carboxylic acids is 1. The summed E-state index contributed by atoms with van der Waals surface area (Å²) in [4.78, 5) is 25.3. The fourth-order valence-electron chi connectivity index (χ4n) is 3.57. The number of rotatable bonds is 5. The molecule has 2 fully saturated rings. The van der Waals surface area contributed by atoms with Gasteiger partial charge in [-0.1, -0.05) is 18.2 Å². The summed E-state index contributed by atoms with van der Waals surface area (Å²) in [6.45, 7) is 0.578. The first-order valence-electron chi connectivity index (χ1n) is 7.62. The van der Waals surface area contributed by atoms with E-state index < -0.39 is 5.97 Å². The van der Waals surface area contributed by atoms with E-state index in [1.807, 2.05) is 19.2 Å². The quantitative estimate of drug-likeness (QED) is 0.905. The number of nitrogens with zero attached hydrogens (tertiary/aromatic N) is 1. The fourth-order valence-corrected chi connectivity index (χ4v) is 3.57. The Labute approximate surface area is 124 Å². The molecule has 0 bridgehead atoms. The van der Waals surface area contributed by atoms with Gasteiger partial charge in [0.25, 0.3) is 0 Å². The molecule has 0 aromatic heterocycles. The highest BCUT2D eigenvalue weighted by Crippen LogP contribution is 2.54. The first-order chi connectivity index (χ1) is 10.1. The van der Waals surface area contributed by atoms with Crippen molar-refractivity contribution in [3.05, 3.63) is 35.4 Å². The topological polar surface area (TPSA) is 57.6 Å². The summed E-state index contributed by atoms with van der Waals surface area (Å²) >= 11 is 0. The minimum absolute atomic E-state index is 0.202. The summed E-state index contributed by atoms with van der Waals surface area (Å²) in [6, 6.07) is 7.01. The molecule has 4 nitrogen and oxygen atoms in total. The van der Waals surface area contributed by atoms with Crippen LogP contribution in [-0.2, 0) is 11.2 Å². The molecule has 0 saturated heterocycles. The number of carboxylic acid groups (broad SMARTS) is 1. The van der Waals surface area contributed by atoms with E-state index in [1.54, 1.807) is 17.0 Å². The Bertz CT molecular complexity index is 559. The molecule has 4 heteroatoms. The number of benzene rings is 1. The van der Waals surface area contributed by atoms with E-state index >= 15 is 0 Å². The van der Waals surface area contributed by atoms with Gasteiger partial charge in [-0.05, 0) is 49.1 Å². The first kappa shape index (κ1) is 14.1. The van der Waals surface area contributed by atoms with Crippen LogP contribution >= 0.6 is 0 Å². The maximum absolute atomic E-state index is 12.4. The molecule has 0 heterocycles. The van der Waals surface area contributed by atoms with Crippen LogP contribution in [0.4, 0.5) is 0 Å². The average Bonchev–Trinajstić information content (AvgIpc) is 3.10. The minimum Gasteiger partial charge on any atom is -0.478 e. The van der Waals surface area contributed by atoms with Crippen LogP contribution in [0.2, 0.25) is 0 Å². The standard InChI is InChI=1S/C17H21NO3/c1-18(16(19)14-9-12-8-13(12)10-14)7-6-11-4-2-3-5-15(11)17(20)21/h2-5,12-14H,6-10H2,1H3,(H,20,21). The molecule has 2 aliphatic carbocycles. The number of likely N-dealkylation sites (N-methyl/N-ethyl adjacent to an activating group) is 1. The first-order valence-corrected chi connectivity index (χ1v) is 7.62. The van der Waals surface area contributed by atoms with E-state index in [0.717, 1.165) is 30.2 Å². The largest absolute Gasteiger partial charge is 0.478 e. The zero-order valence-corrected chi connectivity index (χ0v) is 12.3. The zero-order chi connectivity index (χ0) is 15.0. The van der Waals surface area contributed by atoms with Crippen molar-refractivity contribution in [3.8, 4) is 0 Å². The van der Waals surface area contributed by atoms with Gasteiger partial charge in [-0.2, -0.15) is 0 Å². The molecule has 1 aromatic rings. The van der Waals surface area contributed by atoms with Crippen LogP contribution < -0.4 is 0 Å². The molecule has 2 unspecified atom stereocenters. The Hall–Kier alpha value is -1.84. The van der Waals surface area contributed by atoms with Crippen LogP contribution in [0, 0.1) is 17.8 Å². The third kappa shape index (κ3) is 2.94. The minimum atomic E-state index is -0.907. The maximum atomic E-state index is 12.4. The summed E-state index contributed by atoms with van der Waals surface area (Å²) in [5.74, 6) is 1.14. The number of fused-ring (bicyclic) bond motifs is 1. The van der Waals surface area contributed by atoms with E-state index in [-0.39, 0.29) is 11.8 Å². The molecule has 2 saturated carbocycles. The molecular weight excluding hydrogens is 266 g/mol. The number of carbonyl (C=O) groups excluding carboxylic acids is 1. The normalized spacial score (nSPS) is 26.2. The predicted molar refractivity (Wildman–Crippen MR) is 79.1 cm³/mol. The van der Waals surface area contributed by atoms with E-state index in [4.69, 9.17) is 5.11 Å². The van der Waals surface area contributed by atoms with Gasteiger partial charge in [0.1, 0.15) is 0 Å². The molecule has 112 valence electrons. The van der Waals surface area contributed by atoms with Crippen LogP contribution in [0.5, 0.6) is 0 Å². The molecule has 0 aliphatic heterocycles. The van der Waals surface area contributed by atoms with Crippen LogP contribution in [0.15, 0.2) is 24.3 Å². The monoisotopic (exact) mass is 287 g/mol. The van der Waals surface area contributed by atoms with Crippen molar-refractivity contribution < 1.29 is 14.7 Å². The van der Waals surface area contributed by atoms with Crippen molar-refractivity contribution in [2.75, 3.05) is 13.6 Å². The Kier molecular flexibility index (Phi) is 3.70. The van der Waals surface area contributed by atoms with Gasteiger partial charge in [0, 0.05) is 19.5 Å². The van der Waals surface area contributed by atoms with Gasteiger partial charge in [0.05, 0.1) is 5.56 Å². The fraction of sp³-hybridized carbons (Fsp3) is 0.529. The SMILES string of the molecule is CN(CCc1ccccc1C(=O)O)C(=O)C1CC2CC2C1. The van der Waals surface area contributed by atoms with Crippen LogP contribution in [0.25, 0.3) is 0 Å². The molecule has 0 radical (unpaired) electrons. The number of aromatic carboxylic acids is 1. The summed E-state index contributed by atoms with van der Waals surface area (Å²) in [5, 5.41) is 9.17. The van der Waals surface area contributed by atoms with Crippen molar-refractivity contribution in [2.24, 2.45) is 17.8 Å². The lowest BCUT2D eigenvalue weighted by Gasteiger charge is -2.22. The predicted octanol–water partition coefficient (Wildman–Crippen LogP) is 2.43. The highest BCUT2D eigenvalue weighted by molar-refractivity contribution is 5.89. The Morgan fingerprint density at radius 1 is 1.19 bits per heavy atom. The van der Waals surface area contributed by atoms with Crippen molar-refractivity contribution in [1.29, 1.82) is 0 Å². The second kappa shape index (κ2) is 5.51. The Morgan fingerprint density at radius 2 is 1.86 bits per heavy atom. The molecule has 1 N–H and O–H groups in total. The van der Waals surface area contributed by atoms with Crippen molar-refractivity contribution >= 4 is 11.9 Å². The number of hydrogen-bond donors (Lipinski definition) is 1. The lowest BCUT2D eigenvalue weighted by atomic mass is 10.0. The second-order valence-corrected chi connectivity index (χ2v) is 6.40. The molecule has 1 amide bonds. The van der Waals surface area contributed by atoms with Gasteiger partial charge in [0.2, 0.25) is 5.91 Å². The highest BCUT2D eigenvalue weighted by Gasteiger charge is 2.48. The number of hydrogen-bond acceptors (Lipinski definition) is 2. The Balaban J connectivity index is 1.57. The third-order valence-corrected chi connectivity index (χ3v) is 4.93. The third-order valence-electron chi connectivity index (χ3n) is 4.93. The summed E-state index contributed by atoms with van der Waals surface area (Å²) < 4.78 is 0. The van der Waals surface area contributed by atoms with E-state index in [1.165, 1.54) is 6.42 Å². The van der Waals surface area contributed by atoms with Gasteiger partial charge in [0.15, 0.2) is 0 Å². The van der Waals surface area contributed by atoms with Gasteiger partial charge in [-0.3, -0.25) is 4.79 Å². The average molecular weight is 287 g/mol. The summed E-state index contributed by atoms with van der Waals surface area (Å²) in [6.07, 6.45) is 4.02. The van der Waals surface area contributed by atoms with Crippen molar-refractivity contribution in [1.82, 2.24) is 4.90 Å². The van der Waals surface area contributed by atoms with Crippen LogP contribution in [0.1, 0.15) is 35.2 Å². The second-order valence-electron chi connectivity index (χ2n) is 6.40. The molecule has 3 rings (SSSR count). The van der Waals surface area contributed by atoms with E-state index in [2.05, 4.69) is 0 Å². The lowest BCUT2D eigenvalue weighted by Crippen LogP contribution is -2.34. The Morgan fingerprint density at radius 3 is 2.52 bits per heavy atom. The smallest absolute Gasteiger partial charge is 0.335 e. The summed E-state index contributed by atoms with van der Waals surface area (Å²) in [7, 11) is 1.83. The van der Waals surface area contributed by atoms with Crippen LogP contribution in [-0.4, -0.2) is 35.5 Å². The highest BCUT2D eigenvalue weighted by atomic mass is 16.4. The van der Waals surface area contributed by atoms with Crippen molar-refractivity contribution in [3.63, 3.8) is 0 Å². The number of amides is 1. The molecule has 0 spiro atoms. The summed E-state index contributed by atoms with van der Waals surface area (Å²) in [5.41, 5.74) is 1.12. The lowest BCUT2D eigenvalue weighted by molar-refractivity contribution is -0.134. The van der Waals surface area contributed by atoms with Crippen molar-refractivity contribution in [2.45, 2.75) is 25.7 Å². The van der Waals surface area contributed by atoms with Gasteiger partial charge in [-0.15, -0.1) is 0 Å². The van der Waals surface area contributed by atoms with Crippen LogP contribution in [0.3, 0.4) is 0 Å². The van der Waals surface area contributed by atoms with E-state index in [0.29, 0.717) is 18.5 Å². The van der Waals surface area contributed by atoms with E-state index in [9.17, 15) is 9.59 Å². The van der Waals surface area contributed by atoms with Gasteiger partial charge >= 0.3 is 5.97 Å². The molecule has 21 heavy (non-hydrogen) atoms. The maximum Gasteiger partial charge on any atom is 0.335 e. The number of carbonyl (C=O) groups is 2. The molecule has 2 atom stereocenters. The molecule has 2 aliphatic rings. The zero-order valence-electron chi connectivity index (χ0n) is 12.3. The molecular formula is C17H21NO3. The van der Waals surface area contributed by atoms with Gasteiger partial charge in [-0.25, -0.2) is 4.79 Å². The molecule has 1 aromatic carbocycles.